The van der Waals surface area contributed by atoms with E-state index in [0.717, 1.165) is 5.69 Å². The number of nitrogens with zero attached hydrogens (tertiary/aromatic N) is 4. The third-order valence-electron chi connectivity index (χ3n) is 2.00. The third-order valence-corrected chi connectivity index (χ3v) is 2.17. The molecule has 0 spiro atoms. The Kier molecular flexibility index (Phi) is 4.11. The summed E-state index contributed by atoms with van der Waals surface area (Å²) in [5.74, 6) is 0.517. The zero-order valence-electron chi connectivity index (χ0n) is 10.8. The van der Waals surface area contributed by atoms with E-state index in [1.165, 1.54) is 0 Å². The standard InChI is InChI=1S/C12H13ClN4O2/c1-7(2)18-11-15-10(13)16-12(17-11)19-9-5-4-8(3)14-6-9/h4-7H,1-3H3. The predicted molar refractivity (Wildman–Crippen MR) is 69.6 cm³/mol. The lowest BCUT2D eigenvalue weighted by atomic mass is 10.4. The molecule has 100 valence electrons. The third kappa shape index (κ3) is 4.03. The number of aryl methyl sites for hydroxylation is 1. The van der Waals surface area contributed by atoms with Crippen LogP contribution in [-0.2, 0) is 0 Å². The fourth-order valence-corrected chi connectivity index (χ4v) is 1.39. The van der Waals surface area contributed by atoms with Crippen molar-refractivity contribution in [2.45, 2.75) is 26.9 Å². The van der Waals surface area contributed by atoms with E-state index in [1.807, 2.05) is 26.8 Å². The molecule has 7 heteroatoms. The van der Waals surface area contributed by atoms with Gasteiger partial charge in [0, 0.05) is 5.69 Å². The van der Waals surface area contributed by atoms with Crippen LogP contribution in [0.1, 0.15) is 19.5 Å². The maximum absolute atomic E-state index is 5.79. The highest BCUT2D eigenvalue weighted by Crippen LogP contribution is 2.20. The lowest BCUT2D eigenvalue weighted by molar-refractivity contribution is 0.218. The van der Waals surface area contributed by atoms with Gasteiger partial charge in [0.05, 0.1) is 12.3 Å². The molecule has 0 bridgehead atoms. The second kappa shape index (κ2) is 5.79. The molecule has 0 aliphatic heterocycles. The molecule has 0 N–H and O–H groups in total. The molecular weight excluding hydrogens is 268 g/mol. The molecule has 0 radical (unpaired) electrons. The largest absolute Gasteiger partial charge is 0.461 e. The van der Waals surface area contributed by atoms with Crippen molar-refractivity contribution in [2.75, 3.05) is 0 Å². The summed E-state index contributed by atoms with van der Waals surface area (Å²) in [6.07, 6.45) is 1.52. The van der Waals surface area contributed by atoms with Crippen LogP contribution in [0.15, 0.2) is 18.3 Å². The summed E-state index contributed by atoms with van der Waals surface area (Å²) in [6, 6.07) is 3.79. The summed E-state index contributed by atoms with van der Waals surface area (Å²) >= 11 is 5.79. The van der Waals surface area contributed by atoms with Crippen LogP contribution in [-0.4, -0.2) is 26.0 Å². The highest BCUT2D eigenvalue weighted by Gasteiger charge is 2.09. The molecular formula is C12H13ClN4O2. The van der Waals surface area contributed by atoms with Crippen LogP contribution >= 0.6 is 11.6 Å². The first kappa shape index (κ1) is 13.5. The van der Waals surface area contributed by atoms with Gasteiger partial charge in [0.2, 0.25) is 5.28 Å². The van der Waals surface area contributed by atoms with Crippen LogP contribution in [0.5, 0.6) is 17.8 Å². The Hall–Kier alpha value is -1.95. The number of ether oxygens (including phenoxy) is 2. The zero-order chi connectivity index (χ0) is 13.8. The molecule has 0 aliphatic carbocycles. The molecule has 2 heterocycles. The van der Waals surface area contributed by atoms with Gasteiger partial charge in [-0.1, -0.05) is 0 Å². The minimum absolute atomic E-state index is 0.0146. The van der Waals surface area contributed by atoms with E-state index in [9.17, 15) is 0 Å². The molecule has 0 fully saturated rings. The Morgan fingerprint density at radius 3 is 2.47 bits per heavy atom. The van der Waals surface area contributed by atoms with Crippen LogP contribution in [0, 0.1) is 6.92 Å². The molecule has 0 saturated carbocycles. The summed E-state index contributed by atoms with van der Waals surface area (Å²) < 4.78 is 10.8. The lowest BCUT2D eigenvalue weighted by Gasteiger charge is -2.09. The van der Waals surface area contributed by atoms with E-state index in [-0.39, 0.29) is 23.4 Å². The van der Waals surface area contributed by atoms with Crippen LogP contribution < -0.4 is 9.47 Å². The molecule has 0 aliphatic rings. The van der Waals surface area contributed by atoms with E-state index in [4.69, 9.17) is 21.1 Å². The predicted octanol–water partition coefficient (Wildman–Crippen LogP) is 2.81. The maximum atomic E-state index is 5.79. The first-order valence-electron chi connectivity index (χ1n) is 5.71. The molecule has 0 aromatic carbocycles. The molecule has 0 amide bonds. The van der Waals surface area contributed by atoms with Gasteiger partial charge < -0.3 is 9.47 Å². The summed E-state index contributed by atoms with van der Waals surface area (Å²) in [5, 5.41) is 0.0146. The summed E-state index contributed by atoms with van der Waals surface area (Å²) in [4.78, 5) is 15.8. The SMILES string of the molecule is Cc1ccc(Oc2nc(Cl)nc(OC(C)C)n2)cn1. The van der Waals surface area contributed by atoms with Crippen molar-refractivity contribution in [3.8, 4) is 17.8 Å². The second-order valence-electron chi connectivity index (χ2n) is 4.07. The summed E-state index contributed by atoms with van der Waals surface area (Å²) in [6.45, 7) is 5.61. The van der Waals surface area contributed by atoms with Crippen LogP contribution in [0.2, 0.25) is 5.28 Å². The van der Waals surface area contributed by atoms with Crippen molar-refractivity contribution >= 4 is 11.6 Å². The fourth-order valence-electron chi connectivity index (χ4n) is 1.24. The fraction of sp³-hybridized carbons (Fsp3) is 0.333. The van der Waals surface area contributed by atoms with Crippen LogP contribution in [0.4, 0.5) is 0 Å². The number of hydrogen-bond donors (Lipinski definition) is 0. The molecule has 19 heavy (non-hydrogen) atoms. The number of halogens is 1. The molecule has 0 unspecified atom stereocenters. The Morgan fingerprint density at radius 2 is 1.84 bits per heavy atom. The van der Waals surface area contributed by atoms with Gasteiger partial charge in [0.25, 0.3) is 0 Å². The topological polar surface area (TPSA) is 70.0 Å². The van der Waals surface area contributed by atoms with Gasteiger partial charge in [0.1, 0.15) is 5.75 Å². The highest BCUT2D eigenvalue weighted by atomic mass is 35.5. The number of hydrogen-bond acceptors (Lipinski definition) is 6. The van der Waals surface area contributed by atoms with Crippen LogP contribution in [0.3, 0.4) is 0 Å². The second-order valence-corrected chi connectivity index (χ2v) is 4.41. The minimum Gasteiger partial charge on any atom is -0.461 e. The van der Waals surface area contributed by atoms with Crippen molar-refractivity contribution < 1.29 is 9.47 Å². The minimum atomic E-state index is -0.0626. The maximum Gasteiger partial charge on any atom is 0.329 e. The van der Waals surface area contributed by atoms with Gasteiger partial charge in [-0.15, -0.1) is 4.98 Å². The van der Waals surface area contributed by atoms with Crippen molar-refractivity contribution in [1.82, 2.24) is 19.9 Å². The molecule has 2 rings (SSSR count). The van der Waals surface area contributed by atoms with Gasteiger partial charge >= 0.3 is 12.0 Å². The monoisotopic (exact) mass is 280 g/mol. The average molecular weight is 281 g/mol. The van der Waals surface area contributed by atoms with E-state index in [0.29, 0.717) is 5.75 Å². The van der Waals surface area contributed by atoms with E-state index >= 15 is 0 Å². The Balaban J connectivity index is 2.19. The Morgan fingerprint density at radius 1 is 1.11 bits per heavy atom. The molecule has 2 aromatic rings. The quantitative estimate of drug-likeness (QED) is 0.858. The Labute approximate surface area is 115 Å². The zero-order valence-corrected chi connectivity index (χ0v) is 11.5. The summed E-state index contributed by atoms with van der Waals surface area (Å²) in [7, 11) is 0. The molecule has 2 aromatic heterocycles. The first-order valence-corrected chi connectivity index (χ1v) is 6.09. The smallest absolute Gasteiger partial charge is 0.329 e. The van der Waals surface area contributed by atoms with Gasteiger partial charge in [-0.05, 0) is 44.5 Å². The van der Waals surface area contributed by atoms with E-state index < -0.39 is 0 Å². The van der Waals surface area contributed by atoms with Crippen molar-refractivity contribution in [2.24, 2.45) is 0 Å². The van der Waals surface area contributed by atoms with Gasteiger partial charge in [-0.2, -0.15) is 9.97 Å². The van der Waals surface area contributed by atoms with E-state index in [1.54, 1.807) is 12.3 Å². The highest BCUT2D eigenvalue weighted by molar-refractivity contribution is 6.28. The Bertz CT molecular complexity index is 560. The van der Waals surface area contributed by atoms with Crippen molar-refractivity contribution in [3.05, 3.63) is 29.3 Å². The number of rotatable bonds is 4. The lowest BCUT2D eigenvalue weighted by Crippen LogP contribution is -2.09. The average Bonchev–Trinajstić information content (AvgIpc) is 2.30. The van der Waals surface area contributed by atoms with Crippen molar-refractivity contribution in [1.29, 1.82) is 0 Å². The normalized spacial score (nSPS) is 10.6. The van der Waals surface area contributed by atoms with Gasteiger partial charge in [-0.3, -0.25) is 4.98 Å². The first-order chi connectivity index (χ1) is 9.02. The number of pyridine rings is 1. The molecule has 0 saturated heterocycles. The van der Waals surface area contributed by atoms with Gasteiger partial charge in [0.15, 0.2) is 0 Å². The molecule has 6 nitrogen and oxygen atoms in total. The van der Waals surface area contributed by atoms with E-state index in [2.05, 4.69) is 19.9 Å². The summed E-state index contributed by atoms with van der Waals surface area (Å²) in [5.41, 5.74) is 0.893. The van der Waals surface area contributed by atoms with Crippen molar-refractivity contribution in [3.63, 3.8) is 0 Å². The van der Waals surface area contributed by atoms with Crippen LogP contribution in [0.25, 0.3) is 0 Å². The molecule has 0 atom stereocenters. The number of aromatic nitrogens is 4. The van der Waals surface area contributed by atoms with Gasteiger partial charge in [-0.25, -0.2) is 0 Å².